The van der Waals surface area contributed by atoms with Gasteiger partial charge in [0.2, 0.25) is 0 Å². The number of nitro benzene ring substituents is 1. The Hall–Kier alpha value is -6.54. The molecule has 0 radical (unpaired) electrons. The predicted molar refractivity (Wildman–Crippen MR) is 193 cm³/mol. The molecule has 0 saturated carbocycles. The minimum atomic E-state index is -0.858. The molecule has 8 heteroatoms. The molecule has 2 unspecified atom stereocenters. The maximum Gasteiger partial charge on any atom is 0.277 e. The number of hydrogen-bond acceptors (Lipinski definition) is 4. The summed E-state index contributed by atoms with van der Waals surface area (Å²) in [6.45, 7) is 0. The molecule has 2 aliphatic rings. The zero-order chi connectivity index (χ0) is 34.1. The van der Waals surface area contributed by atoms with Crippen LogP contribution in [0.2, 0.25) is 0 Å². The second-order valence-electron chi connectivity index (χ2n) is 12.5. The number of rotatable bonds is 5. The van der Waals surface area contributed by atoms with Gasteiger partial charge in [0.1, 0.15) is 17.4 Å². The van der Waals surface area contributed by atoms with Gasteiger partial charge in [-0.2, -0.15) is 0 Å². The van der Waals surface area contributed by atoms with Gasteiger partial charge in [0.25, 0.3) is 5.69 Å². The monoisotopic (exact) mass is 659 g/mol. The summed E-state index contributed by atoms with van der Waals surface area (Å²) < 4.78 is 34.5. The summed E-state index contributed by atoms with van der Waals surface area (Å²) >= 11 is 0. The number of aromatic nitrogens is 1. The Bertz CT molecular complexity index is 2550. The number of anilines is 2. The molecule has 0 spiro atoms. The van der Waals surface area contributed by atoms with E-state index in [4.69, 9.17) is 0 Å². The number of phenolic OH excluding ortho intramolecular Hbond substituents is 1. The largest absolute Gasteiger partial charge is 0.507 e. The zero-order valence-electron chi connectivity index (χ0n) is 26.4. The Labute approximate surface area is 285 Å². The van der Waals surface area contributed by atoms with Crippen LogP contribution in [-0.2, 0) is 0 Å². The van der Waals surface area contributed by atoms with E-state index in [9.17, 15) is 15.2 Å². The van der Waals surface area contributed by atoms with Crippen LogP contribution in [-0.4, -0.2) is 20.6 Å². The molecule has 6 aromatic carbocycles. The molecular formula is C42H27F2N3O3. The normalized spacial score (nSPS) is 16.2. The topological polar surface area (TPSA) is 71.5 Å². The Morgan fingerprint density at radius 2 is 1.26 bits per heavy atom. The van der Waals surface area contributed by atoms with E-state index < -0.39 is 16.6 Å². The van der Waals surface area contributed by atoms with Gasteiger partial charge < -0.3 is 14.6 Å². The van der Waals surface area contributed by atoms with Crippen molar-refractivity contribution in [1.82, 2.24) is 4.57 Å². The van der Waals surface area contributed by atoms with Crippen LogP contribution in [0.15, 0.2) is 146 Å². The Morgan fingerprint density at radius 3 is 1.98 bits per heavy atom. The fraction of sp³-hybridized carbons (Fsp3) is 0.0476. The van der Waals surface area contributed by atoms with Crippen molar-refractivity contribution >= 4 is 38.9 Å². The van der Waals surface area contributed by atoms with Crippen LogP contribution in [0.1, 0.15) is 11.5 Å². The smallest absolute Gasteiger partial charge is 0.277 e. The molecule has 2 atom stereocenters. The number of hydrogen-bond donors (Lipinski definition) is 1. The number of halogens is 2. The summed E-state index contributed by atoms with van der Waals surface area (Å²) in [7, 11) is 0. The Morgan fingerprint density at radius 1 is 0.660 bits per heavy atom. The Balaban J connectivity index is 1.27. The second kappa shape index (κ2) is 11.3. The van der Waals surface area contributed by atoms with E-state index in [0.29, 0.717) is 11.4 Å². The Kier molecular flexibility index (Phi) is 6.67. The number of fused-ring (bicyclic) bond motifs is 6. The van der Waals surface area contributed by atoms with E-state index in [2.05, 4.69) is 23.1 Å². The molecule has 0 amide bonds. The highest BCUT2D eigenvalue weighted by atomic mass is 19.1. The first kappa shape index (κ1) is 29.6. The molecule has 6 nitrogen and oxygen atoms in total. The van der Waals surface area contributed by atoms with Crippen molar-refractivity contribution in [3.63, 3.8) is 0 Å². The number of nitrogens with zero attached hydrogens (tertiary/aromatic N) is 3. The zero-order valence-corrected chi connectivity index (χ0v) is 26.4. The van der Waals surface area contributed by atoms with Crippen molar-refractivity contribution in [2.75, 3.05) is 4.90 Å². The van der Waals surface area contributed by atoms with Crippen LogP contribution in [0.4, 0.5) is 25.8 Å². The molecule has 2 heterocycles. The van der Waals surface area contributed by atoms with Gasteiger partial charge in [0.05, 0.1) is 27.6 Å². The summed E-state index contributed by atoms with van der Waals surface area (Å²) in [6.07, 6.45) is 8.14. The van der Waals surface area contributed by atoms with Crippen molar-refractivity contribution in [2.24, 2.45) is 0 Å². The molecule has 9 rings (SSSR count). The first-order valence-electron chi connectivity index (χ1n) is 16.2. The maximum atomic E-state index is 16.3. The van der Waals surface area contributed by atoms with Gasteiger partial charge in [-0.25, -0.2) is 8.78 Å². The first-order chi connectivity index (χ1) is 24.4. The third-order valence-electron chi connectivity index (χ3n) is 9.88. The molecule has 0 bridgehead atoms. The van der Waals surface area contributed by atoms with Crippen LogP contribution in [0, 0.1) is 21.7 Å². The van der Waals surface area contributed by atoms with Gasteiger partial charge in [-0.15, -0.1) is 0 Å². The van der Waals surface area contributed by atoms with E-state index in [-0.39, 0.29) is 45.7 Å². The molecular weight excluding hydrogens is 632 g/mol. The average Bonchev–Trinajstić information content (AvgIpc) is 3.66. The molecule has 0 fully saturated rings. The van der Waals surface area contributed by atoms with Crippen molar-refractivity contribution in [3.05, 3.63) is 173 Å². The molecule has 0 saturated heterocycles. The van der Waals surface area contributed by atoms with E-state index in [1.165, 1.54) is 12.1 Å². The molecule has 1 N–H and O–H groups in total. The van der Waals surface area contributed by atoms with E-state index in [1.54, 1.807) is 24.3 Å². The summed E-state index contributed by atoms with van der Waals surface area (Å²) in [5.74, 6) is -1.93. The van der Waals surface area contributed by atoms with Gasteiger partial charge in [-0.1, -0.05) is 78.9 Å². The van der Waals surface area contributed by atoms with E-state index in [1.807, 2.05) is 83.4 Å². The van der Waals surface area contributed by atoms with Gasteiger partial charge in [0.15, 0.2) is 0 Å². The fourth-order valence-electron chi connectivity index (χ4n) is 7.77. The maximum absolute atomic E-state index is 16.3. The number of para-hydroxylation sites is 3. The predicted octanol–water partition coefficient (Wildman–Crippen LogP) is 10.7. The average molecular weight is 660 g/mol. The SMILES string of the molecule is O=[N+]([O-])c1ccc(N2c3ccccc3C3C=CC=CC32)cc1-c1c(F)ccc(F)c1-c1cc(-n2c3ccccc3c3ccccc32)ccc1O. The third kappa shape index (κ3) is 4.38. The third-order valence-corrected chi connectivity index (χ3v) is 9.88. The summed E-state index contributed by atoms with van der Waals surface area (Å²) in [5, 5.41) is 25.8. The van der Waals surface area contributed by atoms with Crippen LogP contribution in [0.3, 0.4) is 0 Å². The van der Waals surface area contributed by atoms with Crippen molar-refractivity contribution in [1.29, 1.82) is 0 Å². The summed E-state index contributed by atoms with van der Waals surface area (Å²) in [6, 6.07) is 34.8. The minimum Gasteiger partial charge on any atom is -0.507 e. The number of allylic oxidation sites excluding steroid dienone is 2. The highest BCUT2D eigenvalue weighted by Crippen LogP contribution is 2.50. The van der Waals surface area contributed by atoms with Crippen molar-refractivity contribution < 1.29 is 18.8 Å². The molecule has 7 aromatic rings. The fourth-order valence-corrected chi connectivity index (χ4v) is 7.77. The van der Waals surface area contributed by atoms with Crippen LogP contribution in [0.25, 0.3) is 49.7 Å². The lowest BCUT2D eigenvalue weighted by Gasteiger charge is -2.29. The second-order valence-corrected chi connectivity index (χ2v) is 12.5. The lowest BCUT2D eigenvalue weighted by atomic mass is 9.90. The minimum absolute atomic E-state index is 0.00277. The molecule has 242 valence electrons. The molecule has 1 aliphatic carbocycles. The van der Waals surface area contributed by atoms with E-state index >= 15 is 8.78 Å². The highest BCUT2D eigenvalue weighted by Gasteiger charge is 2.38. The number of benzene rings is 6. The van der Waals surface area contributed by atoms with Crippen LogP contribution >= 0.6 is 0 Å². The van der Waals surface area contributed by atoms with Gasteiger partial charge in [-0.05, 0) is 66.2 Å². The highest BCUT2D eigenvalue weighted by molar-refractivity contribution is 6.09. The van der Waals surface area contributed by atoms with Gasteiger partial charge >= 0.3 is 0 Å². The molecule has 50 heavy (non-hydrogen) atoms. The lowest BCUT2D eigenvalue weighted by molar-refractivity contribution is -0.384. The van der Waals surface area contributed by atoms with Crippen molar-refractivity contribution in [2.45, 2.75) is 12.0 Å². The van der Waals surface area contributed by atoms with Crippen LogP contribution in [0.5, 0.6) is 5.75 Å². The summed E-state index contributed by atoms with van der Waals surface area (Å²) in [5.41, 5.74) is 3.93. The lowest BCUT2D eigenvalue weighted by Crippen LogP contribution is -2.28. The number of nitro groups is 1. The summed E-state index contributed by atoms with van der Waals surface area (Å²) in [4.78, 5) is 14.0. The van der Waals surface area contributed by atoms with Crippen molar-refractivity contribution in [3.8, 4) is 33.7 Å². The number of phenols is 1. The first-order valence-corrected chi connectivity index (χ1v) is 16.2. The van der Waals surface area contributed by atoms with Gasteiger partial charge in [0, 0.05) is 56.5 Å². The quantitative estimate of drug-likeness (QED) is 0.147. The molecule has 1 aliphatic heterocycles. The van der Waals surface area contributed by atoms with E-state index in [0.717, 1.165) is 45.2 Å². The van der Waals surface area contributed by atoms with Gasteiger partial charge in [-0.3, -0.25) is 10.1 Å². The number of aromatic hydroxyl groups is 1. The standard InChI is InChI=1S/C42H27F2N3O3/c43-33-19-20-34(44)42(32-24-26(18-22-40(32)48)46-37-15-7-3-11-29(37)30-12-4-8-16-38(30)46)41(33)31-23-25(17-21-39(31)47(49)50)45-35-13-5-1-9-27(35)28-10-2-6-14-36(28)45/h1-24,27,35,48H. The molecule has 1 aromatic heterocycles. The van der Waals surface area contributed by atoms with Crippen LogP contribution < -0.4 is 4.90 Å².